The third-order valence-corrected chi connectivity index (χ3v) is 5.99. The van der Waals surface area contributed by atoms with Crippen molar-refractivity contribution in [2.75, 3.05) is 30.4 Å². The van der Waals surface area contributed by atoms with E-state index >= 15 is 0 Å². The minimum absolute atomic E-state index is 0.0198. The van der Waals surface area contributed by atoms with Crippen LogP contribution in [-0.2, 0) is 0 Å². The molecule has 1 saturated heterocycles. The van der Waals surface area contributed by atoms with E-state index in [2.05, 4.69) is 16.0 Å². The van der Waals surface area contributed by atoms with Crippen LogP contribution >= 0.6 is 23.1 Å². The average molecular weight is 326 g/mol. The molecule has 3 rings (SSSR count). The monoisotopic (exact) mass is 326 g/mol. The number of hydrogen-bond donors (Lipinski definition) is 4. The standard InChI is InChI=1S/C14H22N4OS2/c1-20-12-10(15)11(13(19)17-8-2-3-8)21-14(12)18-9-4-6-16-7-5-9/h8-9,16,18H,2-7,15H2,1H3,(H,17,19). The molecule has 1 aliphatic heterocycles. The number of nitrogens with one attached hydrogen (secondary N) is 3. The number of nitrogen functional groups attached to an aromatic ring is 1. The molecular weight excluding hydrogens is 304 g/mol. The summed E-state index contributed by atoms with van der Waals surface area (Å²) in [6.45, 7) is 2.09. The number of thioether (sulfide) groups is 1. The van der Waals surface area contributed by atoms with Crippen molar-refractivity contribution in [3.8, 4) is 0 Å². The number of nitrogens with two attached hydrogens (primary N) is 1. The highest BCUT2D eigenvalue weighted by atomic mass is 32.2. The van der Waals surface area contributed by atoms with E-state index in [1.54, 1.807) is 11.8 Å². The number of amides is 1. The van der Waals surface area contributed by atoms with Gasteiger partial charge < -0.3 is 21.7 Å². The van der Waals surface area contributed by atoms with Gasteiger partial charge in [0.2, 0.25) is 0 Å². The highest BCUT2D eigenvalue weighted by Gasteiger charge is 2.28. The zero-order valence-corrected chi connectivity index (χ0v) is 13.8. The summed E-state index contributed by atoms with van der Waals surface area (Å²) in [7, 11) is 0. The Hall–Kier alpha value is -0.920. The van der Waals surface area contributed by atoms with Crippen LogP contribution in [0.5, 0.6) is 0 Å². The first kappa shape index (κ1) is 15.0. The van der Waals surface area contributed by atoms with Gasteiger partial charge in [0.15, 0.2) is 0 Å². The topological polar surface area (TPSA) is 79.2 Å². The number of rotatable bonds is 5. The van der Waals surface area contributed by atoms with Crippen LogP contribution in [0.3, 0.4) is 0 Å². The maximum atomic E-state index is 12.3. The van der Waals surface area contributed by atoms with Gasteiger partial charge in [-0.3, -0.25) is 4.79 Å². The van der Waals surface area contributed by atoms with Gasteiger partial charge in [0.1, 0.15) is 9.88 Å². The van der Waals surface area contributed by atoms with Crippen molar-refractivity contribution in [2.45, 2.75) is 42.7 Å². The van der Waals surface area contributed by atoms with E-state index in [1.165, 1.54) is 11.3 Å². The molecule has 0 bridgehead atoms. The number of carbonyl (C=O) groups is 1. The van der Waals surface area contributed by atoms with Crippen molar-refractivity contribution in [1.82, 2.24) is 10.6 Å². The third-order valence-electron chi connectivity index (χ3n) is 3.90. The Morgan fingerprint density at radius 3 is 2.62 bits per heavy atom. The minimum atomic E-state index is -0.0198. The Morgan fingerprint density at radius 2 is 2.00 bits per heavy atom. The van der Waals surface area contributed by atoms with Crippen LogP contribution in [0.15, 0.2) is 4.90 Å². The molecule has 5 N–H and O–H groups in total. The summed E-state index contributed by atoms with van der Waals surface area (Å²) in [5.41, 5.74) is 6.82. The second kappa shape index (κ2) is 6.46. The smallest absolute Gasteiger partial charge is 0.263 e. The SMILES string of the molecule is CSc1c(NC2CCNCC2)sc(C(=O)NC2CC2)c1N. The van der Waals surface area contributed by atoms with Crippen LogP contribution in [0.25, 0.3) is 0 Å². The van der Waals surface area contributed by atoms with E-state index in [4.69, 9.17) is 5.73 Å². The zero-order chi connectivity index (χ0) is 14.8. The van der Waals surface area contributed by atoms with Gasteiger partial charge in [0.05, 0.1) is 10.6 Å². The van der Waals surface area contributed by atoms with Gasteiger partial charge in [-0.2, -0.15) is 0 Å². The van der Waals surface area contributed by atoms with Crippen molar-refractivity contribution in [2.24, 2.45) is 0 Å². The minimum Gasteiger partial charge on any atom is -0.396 e. The molecule has 5 nitrogen and oxygen atoms in total. The lowest BCUT2D eigenvalue weighted by Crippen LogP contribution is -2.35. The second-order valence-corrected chi connectivity index (χ2v) is 7.46. The molecule has 1 aliphatic carbocycles. The fourth-order valence-corrected chi connectivity index (χ4v) is 4.53. The van der Waals surface area contributed by atoms with Gasteiger partial charge >= 0.3 is 0 Å². The van der Waals surface area contributed by atoms with Crippen LogP contribution in [0.1, 0.15) is 35.4 Å². The first-order valence-corrected chi connectivity index (χ1v) is 9.47. The molecular formula is C14H22N4OS2. The molecule has 7 heteroatoms. The summed E-state index contributed by atoms with van der Waals surface area (Å²) < 4.78 is 0. The predicted octanol–water partition coefficient (Wildman–Crippen LogP) is 2.11. The zero-order valence-electron chi connectivity index (χ0n) is 12.2. The largest absolute Gasteiger partial charge is 0.396 e. The number of thiophene rings is 1. The van der Waals surface area contributed by atoms with Gasteiger partial charge in [0.25, 0.3) is 5.91 Å². The number of piperidine rings is 1. The highest BCUT2D eigenvalue weighted by molar-refractivity contribution is 7.99. The molecule has 2 heterocycles. The molecule has 2 aliphatic rings. The van der Waals surface area contributed by atoms with Gasteiger partial charge in [-0.15, -0.1) is 23.1 Å². The molecule has 21 heavy (non-hydrogen) atoms. The number of hydrogen-bond acceptors (Lipinski definition) is 6. The summed E-state index contributed by atoms with van der Waals surface area (Å²) in [6, 6.07) is 0.826. The second-order valence-electron chi connectivity index (χ2n) is 5.62. The van der Waals surface area contributed by atoms with Gasteiger partial charge in [-0.1, -0.05) is 0 Å². The lowest BCUT2D eigenvalue weighted by atomic mass is 10.1. The Balaban J connectivity index is 1.76. The third kappa shape index (κ3) is 3.46. The first-order valence-electron chi connectivity index (χ1n) is 7.43. The Morgan fingerprint density at radius 1 is 1.29 bits per heavy atom. The summed E-state index contributed by atoms with van der Waals surface area (Å²) in [5, 5.41) is 11.0. The molecule has 0 radical (unpaired) electrons. The lowest BCUT2D eigenvalue weighted by Gasteiger charge is -2.24. The average Bonchev–Trinajstić information content (AvgIpc) is 3.24. The molecule has 0 spiro atoms. The quantitative estimate of drug-likeness (QED) is 0.623. The molecule has 1 aromatic heterocycles. The molecule has 0 atom stereocenters. The first-order chi connectivity index (χ1) is 10.2. The van der Waals surface area contributed by atoms with Gasteiger partial charge in [0, 0.05) is 12.1 Å². The Bertz CT molecular complexity index is 521. The molecule has 1 saturated carbocycles. The van der Waals surface area contributed by atoms with Crippen LogP contribution in [0, 0.1) is 0 Å². The number of anilines is 2. The van der Waals surface area contributed by atoms with Crippen LogP contribution < -0.4 is 21.7 Å². The summed E-state index contributed by atoms with van der Waals surface area (Å²) in [4.78, 5) is 13.9. The van der Waals surface area contributed by atoms with E-state index in [-0.39, 0.29) is 5.91 Å². The Kier molecular flexibility index (Phi) is 4.61. The summed E-state index contributed by atoms with van der Waals surface area (Å²) >= 11 is 3.10. The molecule has 2 fully saturated rings. The molecule has 1 amide bonds. The van der Waals surface area contributed by atoms with E-state index in [0.717, 1.165) is 48.7 Å². The normalized spacial score (nSPS) is 19.5. The molecule has 0 unspecified atom stereocenters. The molecule has 0 aromatic carbocycles. The van der Waals surface area contributed by atoms with E-state index < -0.39 is 0 Å². The van der Waals surface area contributed by atoms with Crippen molar-refractivity contribution < 1.29 is 4.79 Å². The van der Waals surface area contributed by atoms with E-state index in [9.17, 15) is 4.79 Å². The fraction of sp³-hybridized carbons (Fsp3) is 0.643. The predicted molar refractivity (Wildman–Crippen MR) is 90.5 cm³/mol. The van der Waals surface area contributed by atoms with Gasteiger partial charge in [-0.25, -0.2) is 0 Å². The van der Waals surface area contributed by atoms with Crippen molar-refractivity contribution in [3.63, 3.8) is 0 Å². The van der Waals surface area contributed by atoms with Crippen LogP contribution in [0.4, 0.5) is 10.7 Å². The molecule has 1 aromatic rings. The molecule has 116 valence electrons. The fourth-order valence-electron chi connectivity index (χ4n) is 2.53. The van der Waals surface area contributed by atoms with E-state index in [0.29, 0.717) is 22.6 Å². The highest BCUT2D eigenvalue weighted by Crippen LogP contribution is 2.42. The van der Waals surface area contributed by atoms with Crippen LogP contribution in [0.2, 0.25) is 0 Å². The maximum Gasteiger partial charge on any atom is 0.263 e. The van der Waals surface area contributed by atoms with Crippen molar-refractivity contribution in [1.29, 1.82) is 0 Å². The lowest BCUT2D eigenvalue weighted by molar-refractivity contribution is 0.0956. The maximum absolute atomic E-state index is 12.3. The van der Waals surface area contributed by atoms with Crippen molar-refractivity contribution in [3.05, 3.63) is 4.88 Å². The summed E-state index contributed by atoms with van der Waals surface area (Å²) in [6.07, 6.45) is 6.40. The summed E-state index contributed by atoms with van der Waals surface area (Å²) in [5.74, 6) is -0.0198. The number of carbonyl (C=O) groups excluding carboxylic acids is 1. The van der Waals surface area contributed by atoms with Crippen molar-refractivity contribution >= 4 is 39.7 Å². The Labute approximate surface area is 133 Å². The van der Waals surface area contributed by atoms with Gasteiger partial charge in [-0.05, 0) is 45.0 Å². The van der Waals surface area contributed by atoms with E-state index in [1.807, 2.05) is 6.26 Å². The van der Waals surface area contributed by atoms with Crippen LogP contribution in [-0.4, -0.2) is 37.3 Å².